The van der Waals surface area contributed by atoms with Gasteiger partial charge in [-0.25, -0.2) is 9.97 Å². The molecule has 2 aromatic heterocycles. The highest BCUT2D eigenvalue weighted by Gasteiger charge is 2.16. The number of thiophene rings is 1. The topological polar surface area (TPSA) is 70.1 Å². The Hall–Kier alpha value is -1.37. The van der Waals surface area contributed by atoms with Gasteiger partial charge in [0, 0.05) is 18.0 Å². The molecular weight excluding hydrogens is 296 g/mol. The van der Waals surface area contributed by atoms with Crippen molar-refractivity contribution in [1.29, 1.82) is 0 Å². The van der Waals surface area contributed by atoms with Gasteiger partial charge in [-0.1, -0.05) is 17.7 Å². The van der Waals surface area contributed by atoms with Crippen LogP contribution >= 0.6 is 22.9 Å². The number of rotatable bonds is 6. The highest BCUT2D eigenvalue weighted by molar-refractivity contribution is 7.10. The van der Waals surface area contributed by atoms with Crippen molar-refractivity contribution in [2.24, 2.45) is 0 Å². The number of hydrogen-bond donors (Lipinski definition) is 3. The van der Waals surface area contributed by atoms with Crippen LogP contribution < -0.4 is 10.6 Å². The van der Waals surface area contributed by atoms with Gasteiger partial charge in [-0.15, -0.1) is 11.3 Å². The van der Waals surface area contributed by atoms with Crippen LogP contribution in [-0.4, -0.2) is 28.2 Å². The molecule has 2 rings (SSSR count). The van der Waals surface area contributed by atoms with E-state index in [-0.39, 0.29) is 6.04 Å². The highest BCUT2D eigenvalue weighted by atomic mass is 35.5. The van der Waals surface area contributed by atoms with Gasteiger partial charge in [-0.3, -0.25) is 0 Å². The van der Waals surface area contributed by atoms with E-state index in [1.807, 2.05) is 24.4 Å². The van der Waals surface area contributed by atoms with Crippen molar-refractivity contribution >= 4 is 34.4 Å². The van der Waals surface area contributed by atoms with Crippen molar-refractivity contribution in [3.05, 3.63) is 33.9 Å². The molecule has 2 heterocycles. The second-order valence-corrected chi connectivity index (χ2v) is 5.79. The van der Waals surface area contributed by atoms with Gasteiger partial charge in [-0.2, -0.15) is 0 Å². The zero-order valence-electron chi connectivity index (χ0n) is 11.3. The highest BCUT2D eigenvalue weighted by Crippen LogP contribution is 2.28. The second-order valence-electron chi connectivity index (χ2n) is 4.45. The Balaban J connectivity index is 2.01. The van der Waals surface area contributed by atoms with Crippen LogP contribution in [0, 0.1) is 0 Å². The summed E-state index contributed by atoms with van der Waals surface area (Å²) in [6.45, 7) is 1.99. The normalized spacial score (nSPS) is 13.8. The molecule has 2 atom stereocenters. The third-order valence-electron chi connectivity index (χ3n) is 2.88. The maximum Gasteiger partial charge on any atom is 0.157 e. The van der Waals surface area contributed by atoms with Gasteiger partial charge >= 0.3 is 0 Å². The fourth-order valence-electron chi connectivity index (χ4n) is 1.92. The average Bonchev–Trinajstić information content (AvgIpc) is 2.92. The standard InChI is InChI=1S/C13H17ClN4OS/c1-8(6-9(19)10-4-3-5-20-10)18-13-11(15-2)12(14)16-7-17-13/h3-5,7-9,15,19H,6H2,1-2H3,(H,16,17,18). The molecular formula is C13H17ClN4OS. The van der Waals surface area contributed by atoms with E-state index in [2.05, 4.69) is 20.6 Å². The van der Waals surface area contributed by atoms with E-state index in [9.17, 15) is 5.11 Å². The first-order chi connectivity index (χ1) is 9.61. The Kier molecular flexibility index (Phi) is 5.17. The predicted molar refractivity (Wildman–Crippen MR) is 83.6 cm³/mol. The SMILES string of the molecule is CNc1c(Cl)ncnc1NC(C)CC(O)c1cccs1. The molecule has 0 aliphatic heterocycles. The summed E-state index contributed by atoms with van der Waals surface area (Å²) in [4.78, 5) is 9.06. The summed E-state index contributed by atoms with van der Waals surface area (Å²) >= 11 is 7.55. The number of hydrogen-bond acceptors (Lipinski definition) is 6. The number of aromatic nitrogens is 2. The van der Waals surface area contributed by atoms with Crippen molar-refractivity contribution < 1.29 is 5.11 Å². The summed E-state index contributed by atoms with van der Waals surface area (Å²) in [5.41, 5.74) is 0.659. The molecule has 20 heavy (non-hydrogen) atoms. The molecule has 2 unspecified atom stereocenters. The number of nitrogens with zero attached hydrogens (tertiary/aromatic N) is 2. The molecule has 2 aromatic rings. The molecule has 3 N–H and O–H groups in total. The predicted octanol–water partition coefficient (Wildman–Crippen LogP) is 3.16. The summed E-state index contributed by atoms with van der Waals surface area (Å²) in [5, 5.41) is 18.7. The Bertz CT molecular complexity index is 549. The molecule has 0 saturated heterocycles. The molecule has 7 heteroatoms. The lowest BCUT2D eigenvalue weighted by molar-refractivity contribution is 0.166. The van der Waals surface area contributed by atoms with Crippen molar-refractivity contribution in [3.8, 4) is 0 Å². The molecule has 0 radical (unpaired) electrons. The third kappa shape index (κ3) is 3.59. The van der Waals surface area contributed by atoms with Crippen LogP contribution in [0.4, 0.5) is 11.5 Å². The molecule has 108 valence electrons. The molecule has 0 aromatic carbocycles. The second kappa shape index (κ2) is 6.88. The minimum absolute atomic E-state index is 0.0465. The molecule has 0 amide bonds. The van der Waals surface area contributed by atoms with E-state index in [1.165, 1.54) is 6.33 Å². The van der Waals surface area contributed by atoms with Gasteiger partial charge in [0.25, 0.3) is 0 Å². The lowest BCUT2D eigenvalue weighted by Gasteiger charge is -2.19. The van der Waals surface area contributed by atoms with E-state index in [0.717, 1.165) is 4.88 Å². The maximum atomic E-state index is 10.1. The van der Waals surface area contributed by atoms with Crippen molar-refractivity contribution in [2.45, 2.75) is 25.5 Å². The smallest absolute Gasteiger partial charge is 0.157 e. The van der Waals surface area contributed by atoms with Crippen molar-refractivity contribution in [2.75, 3.05) is 17.7 Å². The minimum atomic E-state index is -0.479. The Morgan fingerprint density at radius 1 is 1.45 bits per heavy atom. The lowest BCUT2D eigenvalue weighted by Crippen LogP contribution is -2.20. The van der Waals surface area contributed by atoms with Crippen LogP contribution in [0.5, 0.6) is 0 Å². The van der Waals surface area contributed by atoms with Crippen molar-refractivity contribution in [3.63, 3.8) is 0 Å². The number of aliphatic hydroxyl groups is 1. The summed E-state index contributed by atoms with van der Waals surface area (Å²) < 4.78 is 0. The van der Waals surface area contributed by atoms with E-state index in [4.69, 9.17) is 11.6 Å². The fraction of sp³-hybridized carbons (Fsp3) is 0.385. The largest absolute Gasteiger partial charge is 0.387 e. The van der Waals surface area contributed by atoms with Crippen LogP contribution in [-0.2, 0) is 0 Å². The zero-order chi connectivity index (χ0) is 14.5. The molecule has 0 bridgehead atoms. The van der Waals surface area contributed by atoms with E-state index < -0.39 is 6.10 Å². The first kappa shape index (κ1) is 15.0. The van der Waals surface area contributed by atoms with Crippen LogP contribution in [0.3, 0.4) is 0 Å². The number of aliphatic hydroxyl groups excluding tert-OH is 1. The first-order valence-corrected chi connectivity index (χ1v) is 7.53. The van der Waals surface area contributed by atoms with Gasteiger partial charge in [0.1, 0.15) is 12.0 Å². The van der Waals surface area contributed by atoms with E-state index in [1.54, 1.807) is 18.4 Å². The van der Waals surface area contributed by atoms with Crippen LogP contribution in [0.25, 0.3) is 0 Å². The van der Waals surface area contributed by atoms with Crippen LogP contribution in [0.2, 0.25) is 5.15 Å². The van der Waals surface area contributed by atoms with Gasteiger partial charge in [0.15, 0.2) is 11.0 Å². The first-order valence-electron chi connectivity index (χ1n) is 6.28. The molecule has 5 nitrogen and oxygen atoms in total. The summed E-state index contributed by atoms with van der Waals surface area (Å²) in [6.07, 6.45) is 1.52. The van der Waals surface area contributed by atoms with E-state index in [0.29, 0.717) is 23.1 Å². The quantitative estimate of drug-likeness (QED) is 0.715. The summed E-state index contributed by atoms with van der Waals surface area (Å²) in [7, 11) is 1.76. The molecule has 0 aliphatic rings. The maximum absolute atomic E-state index is 10.1. The van der Waals surface area contributed by atoms with Crippen LogP contribution in [0.15, 0.2) is 23.8 Å². The molecule has 0 spiro atoms. The Morgan fingerprint density at radius 2 is 2.25 bits per heavy atom. The lowest BCUT2D eigenvalue weighted by atomic mass is 10.1. The zero-order valence-corrected chi connectivity index (χ0v) is 12.9. The average molecular weight is 313 g/mol. The van der Waals surface area contributed by atoms with Gasteiger partial charge in [-0.05, 0) is 24.8 Å². The Labute approximate surface area is 127 Å². The summed E-state index contributed by atoms with van der Waals surface area (Å²) in [5.74, 6) is 0.637. The van der Waals surface area contributed by atoms with E-state index >= 15 is 0 Å². The van der Waals surface area contributed by atoms with Gasteiger partial charge in [0.2, 0.25) is 0 Å². The molecule has 0 fully saturated rings. The molecule has 0 aliphatic carbocycles. The van der Waals surface area contributed by atoms with Crippen molar-refractivity contribution in [1.82, 2.24) is 9.97 Å². The molecule has 0 saturated carbocycles. The van der Waals surface area contributed by atoms with Crippen LogP contribution in [0.1, 0.15) is 24.3 Å². The number of nitrogens with one attached hydrogen (secondary N) is 2. The van der Waals surface area contributed by atoms with Gasteiger partial charge in [0.05, 0.1) is 6.10 Å². The minimum Gasteiger partial charge on any atom is -0.387 e. The number of anilines is 2. The van der Waals surface area contributed by atoms with Gasteiger partial charge < -0.3 is 15.7 Å². The number of halogens is 1. The Morgan fingerprint density at radius 3 is 2.90 bits per heavy atom. The monoisotopic (exact) mass is 312 g/mol. The fourth-order valence-corrected chi connectivity index (χ4v) is 2.87. The summed E-state index contributed by atoms with van der Waals surface area (Å²) in [6, 6.07) is 3.91. The third-order valence-corrected chi connectivity index (χ3v) is 4.14.